The number of rotatable bonds is 6. The summed E-state index contributed by atoms with van der Waals surface area (Å²) in [5.41, 5.74) is 0.573. The van der Waals surface area contributed by atoms with E-state index in [1.807, 2.05) is 18.0 Å². The minimum absolute atomic E-state index is 0.202. The van der Waals surface area contributed by atoms with Gasteiger partial charge in [-0.15, -0.1) is 6.58 Å². The monoisotopic (exact) mass is 275 g/mol. The molecule has 20 heavy (non-hydrogen) atoms. The fourth-order valence-corrected chi connectivity index (χ4v) is 2.08. The number of unbranched alkanes of at least 4 members (excludes halogenated alkanes) is 1. The van der Waals surface area contributed by atoms with E-state index in [4.69, 9.17) is 4.74 Å². The lowest BCUT2D eigenvalue weighted by Crippen LogP contribution is -2.20. The zero-order valence-electron chi connectivity index (χ0n) is 11.8. The topological polar surface area (TPSA) is 38.2 Å². The molecule has 0 saturated heterocycles. The minimum Gasteiger partial charge on any atom is -0.494 e. The van der Waals surface area contributed by atoms with Crippen LogP contribution in [-0.2, 0) is 0 Å². The van der Waals surface area contributed by atoms with Gasteiger partial charge in [0.2, 0.25) is 0 Å². The molecule has 2 rings (SSSR count). The molecule has 0 amide bonds. The summed E-state index contributed by atoms with van der Waals surface area (Å²) in [4.78, 5) is 10.4. The molecular weight excluding hydrogens is 257 g/mol. The summed E-state index contributed by atoms with van der Waals surface area (Å²) in [7, 11) is 3.40. The number of hydrogen-bond acceptors (Lipinski definition) is 4. The van der Waals surface area contributed by atoms with Crippen LogP contribution in [0.25, 0.3) is 10.9 Å². The Hall–Kier alpha value is -2.17. The molecule has 0 N–H and O–H groups in total. The Labute approximate surface area is 117 Å². The van der Waals surface area contributed by atoms with Crippen LogP contribution in [0.2, 0.25) is 0 Å². The summed E-state index contributed by atoms with van der Waals surface area (Å²) < 4.78 is 18.7. The van der Waals surface area contributed by atoms with Gasteiger partial charge < -0.3 is 9.64 Å². The summed E-state index contributed by atoms with van der Waals surface area (Å²) in [5.74, 6) is 0.560. The smallest absolute Gasteiger partial charge is 0.167 e. The normalized spacial score (nSPS) is 10.6. The standard InChI is InChI=1S/C15H18FN3O/c1-4-5-6-7-19(2)15-11-8-14(20-3)12(16)9-13(11)17-10-18-15/h4,8-10H,1,5-7H2,2-3H3. The van der Waals surface area contributed by atoms with Gasteiger partial charge in [-0.1, -0.05) is 6.08 Å². The number of methoxy groups -OCH3 is 1. The summed E-state index contributed by atoms with van der Waals surface area (Å²) >= 11 is 0. The molecule has 5 heteroatoms. The first-order valence-corrected chi connectivity index (χ1v) is 6.47. The van der Waals surface area contributed by atoms with Gasteiger partial charge in [-0.05, 0) is 18.9 Å². The van der Waals surface area contributed by atoms with Gasteiger partial charge in [-0.3, -0.25) is 0 Å². The number of anilines is 1. The van der Waals surface area contributed by atoms with Gasteiger partial charge in [0.05, 0.1) is 12.6 Å². The number of nitrogens with zero attached hydrogens (tertiary/aromatic N) is 3. The lowest BCUT2D eigenvalue weighted by Gasteiger charge is -2.19. The third-order valence-corrected chi connectivity index (χ3v) is 3.15. The highest BCUT2D eigenvalue weighted by molar-refractivity contribution is 5.90. The quantitative estimate of drug-likeness (QED) is 0.599. The number of fused-ring (bicyclic) bond motifs is 1. The fraction of sp³-hybridized carbons (Fsp3) is 0.333. The van der Waals surface area contributed by atoms with Crippen LogP contribution in [0.1, 0.15) is 12.8 Å². The van der Waals surface area contributed by atoms with E-state index in [2.05, 4.69) is 16.5 Å². The third-order valence-electron chi connectivity index (χ3n) is 3.15. The van der Waals surface area contributed by atoms with E-state index < -0.39 is 5.82 Å². The second kappa shape index (κ2) is 6.32. The lowest BCUT2D eigenvalue weighted by atomic mass is 10.2. The maximum atomic E-state index is 13.7. The zero-order valence-corrected chi connectivity index (χ0v) is 11.8. The molecule has 0 radical (unpaired) electrons. The largest absolute Gasteiger partial charge is 0.494 e. The first-order chi connectivity index (χ1) is 9.67. The molecule has 1 aromatic carbocycles. The molecule has 1 aromatic heterocycles. The molecule has 0 unspecified atom stereocenters. The Bertz CT molecular complexity index is 615. The molecule has 1 heterocycles. The van der Waals surface area contributed by atoms with Crippen LogP contribution in [0.3, 0.4) is 0 Å². The van der Waals surface area contributed by atoms with Crippen molar-refractivity contribution in [2.24, 2.45) is 0 Å². The van der Waals surface area contributed by atoms with E-state index in [-0.39, 0.29) is 5.75 Å². The number of benzene rings is 1. The van der Waals surface area contributed by atoms with E-state index >= 15 is 0 Å². The van der Waals surface area contributed by atoms with Crippen molar-refractivity contribution in [3.63, 3.8) is 0 Å². The summed E-state index contributed by atoms with van der Waals surface area (Å²) in [6.07, 6.45) is 5.28. The van der Waals surface area contributed by atoms with Crippen molar-refractivity contribution in [3.8, 4) is 5.75 Å². The van der Waals surface area contributed by atoms with E-state index in [0.717, 1.165) is 30.6 Å². The molecule has 0 aliphatic carbocycles. The number of hydrogen-bond donors (Lipinski definition) is 0. The van der Waals surface area contributed by atoms with Gasteiger partial charge in [0.25, 0.3) is 0 Å². The van der Waals surface area contributed by atoms with Crippen molar-refractivity contribution in [2.45, 2.75) is 12.8 Å². The van der Waals surface area contributed by atoms with Crippen LogP contribution < -0.4 is 9.64 Å². The van der Waals surface area contributed by atoms with Crippen LogP contribution in [-0.4, -0.2) is 30.7 Å². The maximum absolute atomic E-state index is 13.7. The van der Waals surface area contributed by atoms with Crippen molar-refractivity contribution in [1.82, 2.24) is 9.97 Å². The van der Waals surface area contributed by atoms with E-state index in [1.165, 1.54) is 19.5 Å². The predicted molar refractivity (Wildman–Crippen MR) is 78.7 cm³/mol. The summed E-state index contributed by atoms with van der Waals surface area (Å²) in [6, 6.07) is 3.01. The molecule has 0 atom stereocenters. The Balaban J connectivity index is 2.39. The van der Waals surface area contributed by atoms with E-state index in [9.17, 15) is 4.39 Å². The number of halogens is 1. The van der Waals surface area contributed by atoms with Crippen LogP contribution >= 0.6 is 0 Å². The van der Waals surface area contributed by atoms with Gasteiger partial charge in [0.1, 0.15) is 12.1 Å². The molecule has 0 aliphatic heterocycles. The van der Waals surface area contributed by atoms with Crippen molar-refractivity contribution in [1.29, 1.82) is 0 Å². The Morgan fingerprint density at radius 1 is 1.40 bits per heavy atom. The molecule has 4 nitrogen and oxygen atoms in total. The van der Waals surface area contributed by atoms with Crippen LogP contribution in [0.5, 0.6) is 5.75 Å². The van der Waals surface area contributed by atoms with Gasteiger partial charge in [0, 0.05) is 25.0 Å². The first-order valence-electron chi connectivity index (χ1n) is 6.47. The van der Waals surface area contributed by atoms with Crippen molar-refractivity contribution < 1.29 is 9.13 Å². The molecular formula is C15H18FN3O. The Morgan fingerprint density at radius 2 is 2.20 bits per heavy atom. The molecule has 0 spiro atoms. The number of aromatic nitrogens is 2. The van der Waals surface area contributed by atoms with Gasteiger partial charge >= 0.3 is 0 Å². The molecule has 0 bridgehead atoms. The summed E-state index contributed by atoms with van der Waals surface area (Å²) in [5, 5.41) is 0.784. The van der Waals surface area contributed by atoms with E-state index in [1.54, 1.807) is 6.07 Å². The molecule has 0 aliphatic rings. The second-order valence-corrected chi connectivity index (χ2v) is 4.55. The fourth-order valence-electron chi connectivity index (χ4n) is 2.08. The van der Waals surface area contributed by atoms with E-state index in [0.29, 0.717) is 5.52 Å². The van der Waals surface area contributed by atoms with Crippen molar-refractivity contribution in [3.05, 3.63) is 36.9 Å². The predicted octanol–water partition coefficient (Wildman–Crippen LogP) is 3.18. The zero-order chi connectivity index (χ0) is 14.5. The minimum atomic E-state index is -0.418. The second-order valence-electron chi connectivity index (χ2n) is 4.55. The molecule has 0 saturated carbocycles. The van der Waals surface area contributed by atoms with Gasteiger partial charge in [-0.25, -0.2) is 14.4 Å². The average molecular weight is 275 g/mol. The highest BCUT2D eigenvalue weighted by atomic mass is 19.1. The van der Waals surface area contributed by atoms with Crippen LogP contribution in [0, 0.1) is 5.82 Å². The van der Waals surface area contributed by atoms with Crippen molar-refractivity contribution >= 4 is 16.7 Å². The van der Waals surface area contributed by atoms with Crippen LogP contribution in [0.4, 0.5) is 10.2 Å². The van der Waals surface area contributed by atoms with Gasteiger partial charge in [0.15, 0.2) is 11.6 Å². The molecule has 2 aromatic rings. The highest BCUT2D eigenvalue weighted by Crippen LogP contribution is 2.28. The SMILES string of the molecule is C=CCCCN(C)c1ncnc2cc(F)c(OC)cc12. The Morgan fingerprint density at radius 3 is 2.90 bits per heavy atom. The third kappa shape index (κ3) is 2.87. The highest BCUT2D eigenvalue weighted by Gasteiger charge is 2.12. The number of allylic oxidation sites excluding steroid dienone is 1. The summed E-state index contributed by atoms with van der Waals surface area (Å²) in [6.45, 7) is 4.56. The average Bonchev–Trinajstić information content (AvgIpc) is 2.45. The van der Waals surface area contributed by atoms with Gasteiger partial charge in [-0.2, -0.15) is 0 Å². The first kappa shape index (κ1) is 14.2. The van der Waals surface area contributed by atoms with Crippen molar-refractivity contribution in [2.75, 3.05) is 25.6 Å². The maximum Gasteiger partial charge on any atom is 0.167 e. The lowest BCUT2D eigenvalue weighted by molar-refractivity contribution is 0.387. The van der Waals surface area contributed by atoms with Crippen LogP contribution in [0.15, 0.2) is 31.1 Å². The molecule has 0 fully saturated rings. The number of ether oxygens (including phenoxy) is 1. The Kier molecular flexibility index (Phi) is 4.50. The molecule has 106 valence electrons.